The number of tetrazole rings is 1. The molecule has 10 heteroatoms. The summed E-state index contributed by atoms with van der Waals surface area (Å²) in [5.74, 6) is -0.0185. The van der Waals surface area contributed by atoms with E-state index in [1.54, 1.807) is 18.2 Å². The fourth-order valence-corrected chi connectivity index (χ4v) is 2.88. The molecule has 2 aromatic heterocycles. The highest BCUT2D eigenvalue weighted by atomic mass is 79.9. The summed E-state index contributed by atoms with van der Waals surface area (Å²) in [6.07, 6.45) is 2.14. The number of carbonyl (C=O) groups is 2. The lowest BCUT2D eigenvalue weighted by Gasteiger charge is -2.08. The molecule has 0 saturated heterocycles. The van der Waals surface area contributed by atoms with Crippen LogP contribution in [0.5, 0.6) is 0 Å². The number of hydrogen-bond acceptors (Lipinski definition) is 6. The van der Waals surface area contributed by atoms with Crippen molar-refractivity contribution in [1.29, 1.82) is 0 Å². The molecule has 0 aliphatic heterocycles. The van der Waals surface area contributed by atoms with Crippen LogP contribution >= 0.6 is 15.9 Å². The summed E-state index contributed by atoms with van der Waals surface area (Å²) in [6, 6.07) is 10.7. The molecule has 0 unspecified atom stereocenters. The average Bonchev–Trinajstić information content (AvgIpc) is 3.22. The molecule has 2 heterocycles. The van der Waals surface area contributed by atoms with Gasteiger partial charge in [0.2, 0.25) is 5.91 Å². The van der Waals surface area contributed by atoms with Crippen molar-refractivity contribution < 1.29 is 14.0 Å². The Labute approximate surface area is 162 Å². The Morgan fingerprint density at radius 1 is 1.26 bits per heavy atom. The summed E-state index contributed by atoms with van der Waals surface area (Å²) in [5.41, 5.74) is 1.41. The average molecular weight is 431 g/mol. The van der Waals surface area contributed by atoms with E-state index >= 15 is 0 Å². The number of rotatable bonds is 6. The fourth-order valence-electron chi connectivity index (χ4n) is 2.57. The van der Waals surface area contributed by atoms with Crippen LogP contribution in [0.4, 0.5) is 5.69 Å². The van der Waals surface area contributed by atoms with Gasteiger partial charge in [-0.15, -0.1) is 5.10 Å². The molecule has 9 nitrogen and oxygen atoms in total. The van der Waals surface area contributed by atoms with Crippen molar-refractivity contribution in [3.8, 4) is 11.4 Å². The maximum atomic E-state index is 12.1. The largest absolute Gasteiger partial charge is 0.444 e. The summed E-state index contributed by atoms with van der Waals surface area (Å²) < 4.78 is 7.40. The van der Waals surface area contributed by atoms with Gasteiger partial charge >= 0.3 is 0 Å². The molecular weight excluding hydrogens is 416 g/mol. The van der Waals surface area contributed by atoms with E-state index in [9.17, 15) is 9.59 Å². The number of nitrogens with one attached hydrogen (secondary N) is 2. The number of carbonyl (C=O) groups excluding carboxylic acids is 2. The Balaban J connectivity index is 1.38. The van der Waals surface area contributed by atoms with Crippen molar-refractivity contribution >= 4 is 33.4 Å². The second kappa shape index (κ2) is 7.31. The van der Waals surface area contributed by atoms with Gasteiger partial charge in [0.05, 0.1) is 12.6 Å². The molecular formula is C17H15BrN6O3. The zero-order valence-electron chi connectivity index (χ0n) is 14.1. The highest BCUT2D eigenvalue weighted by molar-refractivity contribution is 9.10. The van der Waals surface area contributed by atoms with Crippen molar-refractivity contribution in [3.63, 3.8) is 0 Å². The van der Waals surface area contributed by atoms with E-state index in [1.165, 1.54) is 6.07 Å². The number of furan rings is 1. The summed E-state index contributed by atoms with van der Waals surface area (Å²) in [7, 11) is 0. The molecule has 0 radical (unpaired) electrons. The number of anilines is 1. The highest BCUT2D eigenvalue weighted by Gasteiger charge is 2.28. The first kappa shape index (κ1) is 17.4. The standard InChI is InChI=1S/C17H15BrN6O3/c18-14-7-6-13(27-14)17(26)19-9-15(25)20-11-3-1-2-10(8-11)16-21-22-23-24(16)12-4-5-12/h1-3,6-8,12H,4-5,9H2,(H,19,26)(H,20,25). The first-order chi connectivity index (χ1) is 13.1. The van der Waals surface area contributed by atoms with Crippen LogP contribution in [0, 0.1) is 0 Å². The van der Waals surface area contributed by atoms with Gasteiger partial charge in [0.25, 0.3) is 5.91 Å². The van der Waals surface area contributed by atoms with E-state index < -0.39 is 5.91 Å². The first-order valence-corrected chi connectivity index (χ1v) is 9.11. The second-order valence-electron chi connectivity index (χ2n) is 6.09. The molecule has 1 aliphatic carbocycles. The quantitative estimate of drug-likeness (QED) is 0.620. The topological polar surface area (TPSA) is 115 Å². The first-order valence-electron chi connectivity index (χ1n) is 8.32. The van der Waals surface area contributed by atoms with E-state index in [0.29, 0.717) is 22.2 Å². The maximum Gasteiger partial charge on any atom is 0.287 e. The number of amides is 2. The van der Waals surface area contributed by atoms with Crippen LogP contribution < -0.4 is 10.6 Å². The minimum atomic E-state index is -0.465. The van der Waals surface area contributed by atoms with E-state index in [4.69, 9.17) is 4.42 Å². The SMILES string of the molecule is O=C(CNC(=O)c1ccc(Br)o1)Nc1cccc(-c2nnnn2C2CC2)c1. The van der Waals surface area contributed by atoms with Crippen molar-refractivity contribution in [1.82, 2.24) is 25.5 Å². The van der Waals surface area contributed by atoms with Gasteiger partial charge in [0, 0.05) is 11.3 Å². The minimum absolute atomic E-state index is 0.128. The predicted molar refractivity (Wildman–Crippen MR) is 98.9 cm³/mol. The van der Waals surface area contributed by atoms with Crippen molar-refractivity contribution in [3.05, 3.63) is 46.8 Å². The third-order valence-corrected chi connectivity index (χ3v) is 4.42. The van der Waals surface area contributed by atoms with Crippen molar-refractivity contribution in [2.45, 2.75) is 18.9 Å². The molecule has 1 aliphatic rings. The monoisotopic (exact) mass is 430 g/mol. The summed E-state index contributed by atoms with van der Waals surface area (Å²) in [4.78, 5) is 24.0. The molecule has 27 heavy (non-hydrogen) atoms. The van der Waals surface area contributed by atoms with E-state index in [1.807, 2.05) is 16.8 Å². The predicted octanol–water partition coefficient (Wildman–Crippen LogP) is 2.40. The Morgan fingerprint density at radius 3 is 2.85 bits per heavy atom. The normalized spacial score (nSPS) is 13.4. The summed E-state index contributed by atoms with van der Waals surface area (Å²) >= 11 is 3.12. The smallest absolute Gasteiger partial charge is 0.287 e. The lowest BCUT2D eigenvalue weighted by molar-refractivity contribution is -0.115. The van der Waals surface area contributed by atoms with Crippen LogP contribution in [0.15, 0.2) is 45.5 Å². The Morgan fingerprint density at radius 2 is 2.11 bits per heavy atom. The number of hydrogen-bond donors (Lipinski definition) is 2. The molecule has 2 N–H and O–H groups in total. The Kier molecular flexibility index (Phi) is 4.71. The van der Waals surface area contributed by atoms with Gasteiger partial charge in [-0.2, -0.15) is 0 Å². The number of halogens is 1. The van der Waals surface area contributed by atoms with E-state index in [-0.39, 0.29) is 18.2 Å². The van der Waals surface area contributed by atoms with Crippen LogP contribution in [0.1, 0.15) is 29.4 Å². The molecule has 1 saturated carbocycles. The summed E-state index contributed by atoms with van der Waals surface area (Å²) in [6.45, 7) is -0.179. The van der Waals surface area contributed by atoms with Gasteiger partial charge in [0.15, 0.2) is 16.3 Å². The molecule has 3 aromatic rings. The molecule has 1 fully saturated rings. The minimum Gasteiger partial charge on any atom is -0.444 e. The molecule has 0 spiro atoms. The van der Waals surface area contributed by atoms with Crippen LogP contribution in [0.25, 0.3) is 11.4 Å². The van der Waals surface area contributed by atoms with Crippen LogP contribution in [-0.4, -0.2) is 38.6 Å². The Bertz CT molecular complexity index is 994. The van der Waals surface area contributed by atoms with Crippen LogP contribution in [0.3, 0.4) is 0 Å². The van der Waals surface area contributed by atoms with Crippen molar-refractivity contribution in [2.24, 2.45) is 0 Å². The number of nitrogens with zero attached hydrogens (tertiary/aromatic N) is 4. The van der Waals surface area contributed by atoms with Crippen LogP contribution in [0.2, 0.25) is 0 Å². The highest BCUT2D eigenvalue weighted by Crippen LogP contribution is 2.36. The van der Waals surface area contributed by atoms with Gasteiger partial charge < -0.3 is 15.1 Å². The lowest BCUT2D eigenvalue weighted by atomic mass is 10.2. The number of benzene rings is 1. The fraction of sp³-hybridized carbons (Fsp3) is 0.235. The third kappa shape index (κ3) is 4.05. The summed E-state index contributed by atoms with van der Waals surface area (Å²) in [5, 5.41) is 17.1. The lowest BCUT2D eigenvalue weighted by Crippen LogP contribution is -2.32. The molecule has 1 aromatic carbocycles. The van der Waals surface area contributed by atoms with E-state index in [2.05, 4.69) is 42.1 Å². The van der Waals surface area contributed by atoms with Gasteiger partial charge in [-0.3, -0.25) is 9.59 Å². The molecule has 0 atom stereocenters. The van der Waals surface area contributed by atoms with Gasteiger partial charge in [0.1, 0.15) is 0 Å². The number of aromatic nitrogens is 4. The van der Waals surface area contributed by atoms with Crippen molar-refractivity contribution in [2.75, 3.05) is 11.9 Å². The van der Waals surface area contributed by atoms with Gasteiger partial charge in [-0.25, -0.2) is 4.68 Å². The molecule has 4 rings (SSSR count). The van der Waals surface area contributed by atoms with Gasteiger partial charge in [-0.05, 0) is 63.5 Å². The van der Waals surface area contributed by atoms with Crippen LogP contribution in [-0.2, 0) is 4.79 Å². The zero-order valence-corrected chi connectivity index (χ0v) is 15.6. The Hall–Kier alpha value is -3.01. The van der Waals surface area contributed by atoms with Gasteiger partial charge in [-0.1, -0.05) is 12.1 Å². The third-order valence-electron chi connectivity index (χ3n) is 4.00. The molecule has 2 amide bonds. The zero-order chi connectivity index (χ0) is 18.8. The molecule has 138 valence electrons. The van der Waals surface area contributed by atoms with E-state index in [0.717, 1.165) is 18.4 Å². The second-order valence-corrected chi connectivity index (χ2v) is 6.88. The molecule has 0 bridgehead atoms. The maximum absolute atomic E-state index is 12.1.